The number of nitrogens with zero attached hydrogens (tertiary/aromatic N) is 3. The quantitative estimate of drug-likeness (QED) is 0.0809. The number of likely N-dealkylation sites (tertiary alicyclic amines) is 1. The molecule has 14 heteroatoms. The molecule has 6 atom stereocenters. The van der Waals surface area contributed by atoms with Crippen molar-refractivity contribution in [3.8, 4) is 22.9 Å². The van der Waals surface area contributed by atoms with Gasteiger partial charge in [0.1, 0.15) is 29.4 Å². The number of benzene rings is 1. The van der Waals surface area contributed by atoms with E-state index in [0.29, 0.717) is 40.2 Å². The van der Waals surface area contributed by atoms with Crippen molar-refractivity contribution in [1.82, 2.24) is 14.9 Å². The van der Waals surface area contributed by atoms with Crippen LogP contribution in [-0.2, 0) is 23.7 Å². The summed E-state index contributed by atoms with van der Waals surface area (Å²) < 4.78 is 31.8. The first-order chi connectivity index (χ1) is 27.0. The highest BCUT2D eigenvalue weighted by Gasteiger charge is 2.64. The number of ketones is 1. The number of allylic oxidation sites excluding steroid dienone is 2. The fourth-order valence-corrected chi connectivity index (χ4v) is 11.3. The Labute approximate surface area is 339 Å². The van der Waals surface area contributed by atoms with Crippen LogP contribution in [0, 0.1) is 17.3 Å². The van der Waals surface area contributed by atoms with Crippen molar-refractivity contribution in [2.24, 2.45) is 17.3 Å². The fourth-order valence-electron chi connectivity index (χ4n) is 8.30. The predicted molar refractivity (Wildman–Crippen MR) is 224 cm³/mol. The molecular formula is C43H57N4O8PS. The Bertz CT molecular complexity index is 2070. The molecule has 2 aliphatic carbocycles. The molecule has 0 spiro atoms. The number of nitrogens with one attached hydrogen (secondary N) is 1. The number of hydrogen-bond acceptors (Lipinski definition) is 11. The first kappa shape index (κ1) is 42.5. The van der Waals surface area contributed by atoms with E-state index < -0.39 is 42.0 Å². The number of aromatic nitrogens is 2. The van der Waals surface area contributed by atoms with Gasteiger partial charge in [-0.05, 0) is 82.2 Å². The molecule has 2 N–H and O–H groups in total. The molecule has 2 saturated carbocycles. The van der Waals surface area contributed by atoms with Gasteiger partial charge in [0.25, 0.3) is 0 Å². The monoisotopic (exact) mass is 820 g/mol. The lowest BCUT2D eigenvalue weighted by Crippen LogP contribution is -2.48. The van der Waals surface area contributed by atoms with Crippen LogP contribution in [0.5, 0.6) is 11.5 Å². The molecule has 12 nitrogen and oxygen atoms in total. The van der Waals surface area contributed by atoms with E-state index in [4.69, 9.17) is 24.2 Å². The lowest BCUT2D eigenvalue weighted by molar-refractivity contribution is -0.156. The molecular weight excluding hydrogens is 764 g/mol. The van der Waals surface area contributed by atoms with Crippen LogP contribution in [0.3, 0.4) is 0 Å². The molecule has 1 aromatic carbocycles. The molecule has 6 rings (SSSR count). The van der Waals surface area contributed by atoms with Crippen LogP contribution >= 0.6 is 18.7 Å². The molecule has 2 aromatic heterocycles. The number of Topliss-reactive ketones (excluding diaryl/α,β-unsaturated/α-hetero) is 1. The minimum atomic E-state index is -3.91. The normalized spacial score (nSPS) is 24.1. The van der Waals surface area contributed by atoms with Crippen LogP contribution < -0.4 is 14.8 Å². The summed E-state index contributed by atoms with van der Waals surface area (Å²) in [6.45, 7) is 15.4. The van der Waals surface area contributed by atoms with Gasteiger partial charge >= 0.3 is 5.97 Å². The zero-order valence-electron chi connectivity index (χ0n) is 34.2. The highest BCUT2D eigenvalue weighted by atomic mass is 32.1. The summed E-state index contributed by atoms with van der Waals surface area (Å²) in [6, 6.07) is 6.58. The van der Waals surface area contributed by atoms with Crippen LogP contribution in [0.1, 0.15) is 92.9 Å². The number of anilines is 1. The van der Waals surface area contributed by atoms with Gasteiger partial charge in [0.2, 0.25) is 13.3 Å². The number of amides is 1. The van der Waals surface area contributed by atoms with Gasteiger partial charge in [-0.1, -0.05) is 32.9 Å². The minimum absolute atomic E-state index is 0.0670. The summed E-state index contributed by atoms with van der Waals surface area (Å²) in [5, 5.41) is 5.54. The SMILES string of the molecule is C=C[C@@H]1C[C@]1(CC(=O)[C@@H]1C[C@@H](Oc2cc(-c3csc(NC(C)C)n3)nc3cc(OC)ccc23)CN1C(=O)[C@@H](CC(=O)OC1CCCC1)C(C)(C)C)P(=O)(O)/C=C/C. The summed E-state index contributed by atoms with van der Waals surface area (Å²) in [5.41, 5.74) is 1.21. The van der Waals surface area contributed by atoms with Crippen molar-refractivity contribution in [3.05, 3.63) is 54.2 Å². The van der Waals surface area contributed by atoms with Crippen LogP contribution in [0.2, 0.25) is 0 Å². The summed E-state index contributed by atoms with van der Waals surface area (Å²) in [6.07, 6.45) is 6.20. The van der Waals surface area contributed by atoms with Crippen molar-refractivity contribution >= 4 is 52.4 Å². The zero-order chi connectivity index (χ0) is 41.3. The summed E-state index contributed by atoms with van der Waals surface area (Å²) >= 11 is 1.47. The summed E-state index contributed by atoms with van der Waals surface area (Å²) in [5.74, 6) is 0.206. The van der Waals surface area contributed by atoms with Gasteiger partial charge < -0.3 is 29.3 Å². The van der Waals surface area contributed by atoms with Crippen molar-refractivity contribution < 1.29 is 38.1 Å². The number of pyridine rings is 1. The summed E-state index contributed by atoms with van der Waals surface area (Å²) in [4.78, 5) is 65.2. The third-order valence-electron chi connectivity index (χ3n) is 11.5. The summed E-state index contributed by atoms with van der Waals surface area (Å²) in [7, 11) is -2.33. The Morgan fingerprint density at radius 1 is 1.14 bits per heavy atom. The van der Waals surface area contributed by atoms with Gasteiger partial charge in [0.05, 0.1) is 48.4 Å². The largest absolute Gasteiger partial charge is 0.497 e. The van der Waals surface area contributed by atoms with Crippen LogP contribution in [0.15, 0.2) is 54.2 Å². The topological polar surface area (TPSA) is 157 Å². The molecule has 308 valence electrons. The van der Waals surface area contributed by atoms with E-state index in [9.17, 15) is 23.8 Å². The second kappa shape index (κ2) is 17.0. The number of hydrogen-bond donors (Lipinski definition) is 2. The molecule has 1 aliphatic heterocycles. The van der Waals surface area contributed by atoms with E-state index in [2.05, 4.69) is 11.9 Å². The number of fused-ring (bicyclic) bond motifs is 1. The molecule has 1 amide bonds. The molecule has 3 aliphatic rings. The van der Waals surface area contributed by atoms with E-state index in [1.807, 2.05) is 64.3 Å². The second-order valence-corrected chi connectivity index (χ2v) is 20.4. The Morgan fingerprint density at radius 2 is 1.88 bits per heavy atom. The van der Waals surface area contributed by atoms with Gasteiger partial charge in [-0.25, -0.2) is 9.97 Å². The van der Waals surface area contributed by atoms with E-state index >= 15 is 0 Å². The number of esters is 1. The Morgan fingerprint density at radius 3 is 2.51 bits per heavy atom. The maximum atomic E-state index is 14.8. The fraction of sp³-hybridized carbons (Fsp3) is 0.558. The molecule has 1 saturated heterocycles. The molecule has 0 bridgehead atoms. The average Bonchev–Trinajstić information content (AvgIpc) is 3.55. The Hall–Kier alpha value is -4.06. The van der Waals surface area contributed by atoms with E-state index in [-0.39, 0.29) is 55.6 Å². The predicted octanol–water partition coefficient (Wildman–Crippen LogP) is 8.78. The first-order valence-corrected chi connectivity index (χ1v) is 22.6. The number of ether oxygens (including phenoxy) is 3. The van der Waals surface area contributed by atoms with Crippen molar-refractivity contribution in [3.63, 3.8) is 0 Å². The van der Waals surface area contributed by atoms with Gasteiger partial charge in [-0.3, -0.25) is 18.9 Å². The standard InChI is InChI=1S/C43H57N4O8PS/c1-9-17-56(51,52)43(22-27(43)10-2)23-37(48)36-19-30(24-47(36)40(50)32(42(5,6)7)20-39(49)55-28-13-11-12-14-28)54-38-21-34(35-25-57-41(46-35)44-26(3)4)45-33-18-29(53-8)15-16-31(33)38/h9-10,15-18,21,25-28,30,32,36H,2,11-14,19-20,22-24H2,1,3-8H3,(H,44,46)(H,51,52)/b17-9+/t27-,30-,32-,36+,43-/m1/s1. The first-order valence-electron chi connectivity index (χ1n) is 20.0. The Balaban J connectivity index is 1.35. The molecule has 3 fully saturated rings. The maximum absolute atomic E-state index is 14.8. The van der Waals surface area contributed by atoms with Crippen LogP contribution in [0.25, 0.3) is 22.3 Å². The smallest absolute Gasteiger partial charge is 0.306 e. The van der Waals surface area contributed by atoms with E-state index in [1.165, 1.54) is 23.2 Å². The Kier molecular flexibility index (Phi) is 12.7. The number of rotatable bonds is 16. The van der Waals surface area contributed by atoms with Crippen LogP contribution in [-0.4, -0.2) is 80.5 Å². The molecule has 0 radical (unpaired) electrons. The number of thiazole rings is 1. The minimum Gasteiger partial charge on any atom is -0.497 e. The van der Waals surface area contributed by atoms with E-state index in [0.717, 1.165) is 30.8 Å². The third kappa shape index (κ3) is 9.31. The van der Waals surface area contributed by atoms with Crippen molar-refractivity contribution in [2.45, 2.75) is 122 Å². The number of carbonyl (C=O) groups excluding carboxylic acids is 3. The molecule has 3 aromatic rings. The third-order valence-corrected chi connectivity index (χ3v) is 15.0. The zero-order valence-corrected chi connectivity index (χ0v) is 35.9. The highest BCUT2D eigenvalue weighted by Crippen LogP contribution is 2.73. The average molecular weight is 821 g/mol. The molecule has 3 heterocycles. The van der Waals surface area contributed by atoms with Gasteiger partial charge in [0.15, 0.2) is 10.9 Å². The van der Waals surface area contributed by atoms with E-state index in [1.54, 1.807) is 25.0 Å². The van der Waals surface area contributed by atoms with Gasteiger partial charge in [0, 0.05) is 41.8 Å². The lowest BCUT2D eigenvalue weighted by Gasteiger charge is -2.35. The molecule has 57 heavy (non-hydrogen) atoms. The number of carbonyl (C=O) groups is 3. The highest BCUT2D eigenvalue weighted by molar-refractivity contribution is 7.63. The van der Waals surface area contributed by atoms with Crippen molar-refractivity contribution in [1.29, 1.82) is 0 Å². The van der Waals surface area contributed by atoms with Gasteiger partial charge in [-0.2, -0.15) is 0 Å². The number of methoxy groups -OCH3 is 1. The lowest BCUT2D eigenvalue weighted by atomic mass is 9.77. The second-order valence-electron chi connectivity index (χ2n) is 17.1. The van der Waals surface area contributed by atoms with Crippen molar-refractivity contribution in [2.75, 3.05) is 19.0 Å². The van der Waals surface area contributed by atoms with Crippen LogP contribution in [0.4, 0.5) is 5.13 Å². The molecule has 1 unspecified atom stereocenters. The maximum Gasteiger partial charge on any atom is 0.306 e. The van der Waals surface area contributed by atoms with Gasteiger partial charge in [-0.15, -0.1) is 17.9 Å².